The van der Waals surface area contributed by atoms with Crippen LogP contribution in [-0.4, -0.2) is 20.1 Å². The highest BCUT2D eigenvalue weighted by molar-refractivity contribution is 7.13. The maximum atomic E-state index is 5.89. The van der Waals surface area contributed by atoms with E-state index in [0.29, 0.717) is 32.5 Å². The van der Waals surface area contributed by atoms with Crippen molar-refractivity contribution in [3.63, 3.8) is 0 Å². The zero-order valence-corrected chi connectivity index (χ0v) is 11.0. The Morgan fingerprint density at radius 3 is 2.72 bits per heavy atom. The van der Waals surface area contributed by atoms with Gasteiger partial charge in [0.05, 0.1) is 10.5 Å². The van der Waals surface area contributed by atoms with Gasteiger partial charge in [0, 0.05) is 6.20 Å². The Kier molecular flexibility index (Phi) is 2.99. The van der Waals surface area contributed by atoms with Gasteiger partial charge < -0.3 is 4.52 Å². The molecule has 3 aromatic heterocycles. The second-order valence-electron chi connectivity index (χ2n) is 3.26. The van der Waals surface area contributed by atoms with Crippen LogP contribution < -0.4 is 0 Å². The summed E-state index contributed by atoms with van der Waals surface area (Å²) in [6, 6.07) is 3.42. The molecule has 0 saturated carbocycles. The Bertz CT molecular complexity index is 679. The van der Waals surface area contributed by atoms with Crippen molar-refractivity contribution in [1.82, 2.24) is 20.1 Å². The highest BCUT2D eigenvalue weighted by Crippen LogP contribution is 2.30. The van der Waals surface area contributed by atoms with Crippen molar-refractivity contribution in [3.05, 3.63) is 34.0 Å². The maximum absolute atomic E-state index is 5.89. The van der Waals surface area contributed by atoms with Crippen molar-refractivity contribution in [3.8, 4) is 22.3 Å². The molecule has 3 rings (SSSR count). The van der Waals surface area contributed by atoms with Crippen LogP contribution in [0.1, 0.15) is 0 Å². The number of aromatic nitrogens is 4. The molecular weight excluding hydrogens is 295 g/mol. The van der Waals surface area contributed by atoms with Crippen molar-refractivity contribution < 1.29 is 4.52 Å². The molecule has 0 aromatic carbocycles. The first-order valence-electron chi connectivity index (χ1n) is 4.79. The molecule has 8 heteroatoms. The normalized spacial score (nSPS) is 10.8. The molecule has 90 valence electrons. The fourth-order valence-corrected chi connectivity index (χ4v) is 2.33. The van der Waals surface area contributed by atoms with Crippen molar-refractivity contribution in [2.24, 2.45) is 0 Å². The molecule has 0 aliphatic rings. The summed E-state index contributed by atoms with van der Waals surface area (Å²) in [7, 11) is 0. The predicted molar refractivity (Wildman–Crippen MR) is 68.7 cm³/mol. The minimum absolute atomic E-state index is 0.328. The Balaban J connectivity index is 1.99. The quantitative estimate of drug-likeness (QED) is 0.724. The van der Waals surface area contributed by atoms with Gasteiger partial charge in [0.15, 0.2) is 5.15 Å². The molecule has 3 heterocycles. The molecule has 0 unspecified atom stereocenters. The maximum Gasteiger partial charge on any atom is 0.271 e. The van der Waals surface area contributed by atoms with Crippen molar-refractivity contribution in [2.75, 3.05) is 0 Å². The summed E-state index contributed by atoms with van der Waals surface area (Å²) < 4.78 is 5.13. The molecule has 0 aliphatic heterocycles. The largest absolute Gasteiger partial charge is 0.333 e. The summed E-state index contributed by atoms with van der Waals surface area (Å²) in [5.74, 6) is 0.709. The number of rotatable bonds is 2. The third kappa shape index (κ3) is 2.10. The number of pyridine rings is 1. The van der Waals surface area contributed by atoms with Gasteiger partial charge in [-0.15, -0.1) is 11.3 Å². The summed E-state index contributed by atoms with van der Waals surface area (Å²) in [4.78, 5) is 12.9. The van der Waals surface area contributed by atoms with Crippen molar-refractivity contribution in [1.29, 1.82) is 0 Å². The van der Waals surface area contributed by atoms with E-state index in [2.05, 4.69) is 20.1 Å². The summed E-state index contributed by atoms with van der Waals surface area (Å²) >= 11 is 13.0. The Hall–Kier alpha value is -1.50. The zero-order chi connectivity index (χ0) is 12.5. The lowest BCUT2D eigenvalue weighted by molar-refractivity contribution is 0.433. The van der Waals surface area contributed by atoms with E-state index < -0.39 is 0 Å². The second-order valence-corrected chi connectivity index (χ2v) is 4.91. The van der Waals surface area contributed by atoms with Crippen LogP contribution in [-0.2, 0) is 0 Å². The Morgan fingerprint density at radius 2 is 2.06 bits per heavy atom. The van der Waals surface area contributed by atoms with Crippen LogP contribution in [0.25, 0.3) is 22.3 Å². The molecule has 5 nitrogen and oxygen atoms in total. The molecule has 0 fully saturated rings. The molecular formula is C10H4Cl2N4OS. The van der Waals surface area contributed by atoms with Gasteiger partial charge in [-0.1, -0.05) is 28.4 Å². The Morgan fingerprint density at radius 1 is 1.17 bits per heavy atom. The number of nitrogens with zero attached hydrogens (tertiary/aromatic N) is 4. The van der Waals surface area contributed by atoms with Crippen LogP contribution >= 0.6 is 34.5 Å². The standard InChI is InChI=1S/C10H4Cl2N4OS/c11-5-1-2-6(13-3-5)9-15-10(17-16-9)7-8(12)14-4-18-7/h1-4H. The van der Waals surface area contributed by atoms with E-state index in [1.165, 1.54) is 17.5 Å². The van der Waals surface area contributed by atoms with Gasteiger partial charge in [0.1, 0.15) is 10.6 Å². The second kappa shape index (κ2) is 4.64. The van der Waals surface area contributed by atoms with Gasteiger partial charge in [-0.05, 0) is 12.1 Å². The van der Waals surface area contributed by atoms with E-state index in [9.17, 15) is 0 Å². The first-order valence-corrected chi connectivity index (χ1v) is 6.42. The van der Waals surface area contributed by atoms with E-state index >= 15 is 0 Å². The number of thiazole rings is 1. The van der Waals surface area contributed by atoms with Gasteiger partial charge in [-0.2, -0.15) is 4.98 Å². The highest BCUT2D eigenvalue weighted by atomic mass is 35.5. The van der Waals surface area contributed by atoms with Crippen LogP contribution in [0.4, 0.5) is 0 Å². The average Bonchev–Trinajstić information content (AvgIpc) is 2.98. The van der Waals surface area contributed by atoms with E-state index in [1.807, 2.05) is 0 Å². The minimum Gasteiger partial charge on any atom is -0.333 e. The first kappa shape index (κ1) is 11.6. The van der Waals surface area contributed by atoms with Gasteiger partial charge in [-0.25, -0.2) is 4.98 Å². The molecule has 0 radical (unpaired) electrons. The third-order valence-corrected chi connectivity index (χ3v) is 3.54. The van der Waals surface area contributed by atoms with E-state index in [1.54, 1.807) is 17.6 Å². The summed E-state index contributed by atoms with van der Waals surface area (Å²) in [6.07, 6.45) is 1.52. The molecule has 0 N–H and O–H groups in total. The predicted octanol–water partition coefficient (Wildman–Crippen LogP) is 3.56. The van der Waals surface area contributed by atoms with Gasteiger partial charge in [-0.3, -0.25) is 4.98 Å². The molecule has 0 amide bonds. The lowest BCUT2D eigenvalue weighted by Gasteiger charge is -1.92. The monoisotopic (exact) mass is 298 g/mol. The molecule has 18 heavy (non-hydrogen) atoms. The molecule has 0 atom stereocenters. The van der Waals surface area contributed by atoms with Crippen LogP contribution in [0.3, 0.4) is 0 Å². The average molecular weight is 299 g/mol. The van der Waals surface area contributed by atoms with E-state index in [4.69, 9.17) is 27.7 Å². The molecule has 0 saturated heterocycles. The van der Waals surface area contributed by atoms with Crippen molar-refractivity contribution >= 4 is 34.5 Å². The number of hydrogen-bond acceptors (Lipinski definition) is 6. The molecule has 0 spiro atoms. The third-order valence-electron chi connectivity index (χ3n) is 2.10. The van der Waals surface area contributed by atoms with Crippen LogP contribution in [0.15, 0.2) is 28.4 Å². The summed E-state index contributed by atoms with van der Waals surface area (Å²) in [5.41, 5.74) is 2.19. The zero-order valence-electron chi connectivity index (χ0n) is 8.67. The number of halogens is 2. The summed E-state index contributed by atoms with van der Waals surface area (Å²) in [6.45, 7) is 0. The fourth-order valence-electron chi connectivity index (χ4n) is 1.30. The lowest BCUT2D eigenvalue weighted by Crippen LogP contribution is -1.84. The SMILES string of the molecule is Clc1ccc(-c2noc(-c3scnc3Cl)n2)nc1. The fraction of sp³-hybridized carbons (Fsp3) is 0. The lowest BCUT2D eigenvalue weighted by atomic mass is 10.3. The smallest absolute Gasteiger partial charge is 0.271 e. The van der Waals surface area contributed by atoms with Gasteiger partial charge in [0.25, 0.3) is 5.89 Å². The summed E-state index contributed by atoms with van der Waals surface area (Å²) in [5, 5.41) is 4.74. The number of hydrogen-bond donors (Lipinski definition) is 0. The highest BCUT2D eigenvalue weighted by Gasteiger charge is 2.16. The van der Waals surface area contributed by atoms with E-state index in [0.717, 1.165) is 0 Å². The molecule has 3 aromatic rings. The van der Waals surface area contributed by atoms with Gasteiger partial charge in [0.2, 0.25) is 5.82 Å². The van der Waals surface area contributed by atoms with Crippen LogP contribution in [0.5, 0.6) is 0 Å². The minimum atomic E-state index is 0.328. The molecule has 0 bridgehead atoms. The van der Waals surface area contributed by atoms with Crippen molar-refractivity contribution in [2.45, 2.75) is 0 Å². The van der Waals surface area contributed by atoms with Gasteiger partial charge >= 0.3 is 0 Å². The van der Waals surface area contributed by atoms with Crippen LogP contribution in [0, 0.1) is 0 Å². The van der Waals surface area contributed by atoms with Crippen LogP contribution in [0.2, 0.25) is 10.2 Å². The first-order chi connectivity index (χ1) is 8.74. The van der Waals surface area contributed by atoms with E-state index in [-0.39, 0.29) is 0 Å². The Labute approximate surface area is 115 Å². The molecule has 0 aliphatic carbocycles. The topological polar surface area (TPSA) is 64.7 Å².